The van der Waals surface area contributed by atoms with Crippen LogP contribution in [-0.4, -0.2) is 37.1 Å². The first-order valence-corrected chi connectivity index (χ1v) is 7.30. The molecular weight excluding hydrogens is 226 g/mol. The number of likely N-dealkylation sites (tertiary alicyclic amines) is 1. The first-order chi connectivity index (χ1) is 8.45. The van der Waals surface area contributed by atoms with Gasteiger partial charge < -0.3 is 9.64 Å². The standard InChI is InChI=1S/C15H29NO2/c1-5-11-18-12-14(17)16-9-6-7-13(8-10-16)15(2,3)4/h13H,5-12H2,1-4H3. The van der Waals surface area contributed by atoms with Gasteiger partial charge in [-0.25, -0.2) is 0 Å². The predicted molar refractivity (Wildman–Crippen MR) is 74.5 cm³/mol. The highest BCUT2D eigenvalue weighted by Crippen LogP contribution is 2.34. The second-order valence-electron chi connectivity index (χ2n) is 6.43. The number of hydrogen-bond donors (Lipinski definition) is 0. The first-order valence-electron chi connectivity index (χ1n) is 7.30. The normalized spacial score (nSPS) is 21.8. The molecule has 1 aliphatic heterocycles. The maximum Gasteiger partial charge on any atom is 0.248 e. The highest BCUT2D eigenvalue weighted by atomic mass is 16.5. The Bertz CT molecular complexity index is 258. The smallest absolute Gasteiger partial charge is 0.248 e. The maximum atomic E-state index is 12.0. The molecule has 0 bridgehead atoms. The fourth-order valence-corrected chi connectivity index (χ4v) is 2.61. The summed E-state index contributed by atoms with van der Waals surface area (Å²) in [5.41, 5.74) is 0.359. The fraction of sp³-hybridized carbons (Fsp3) is 0.933. The third-order valence-corrected chi connectivity index (χ3v) is 3.88. The molecule has 18 heavy (non-hydrogen) atoms. The molecule has 106 valence electrons. The summed E-state index contributed by atoms with van der Waals surface area (Å²) in [6.45, 7) is 11.7. The Hall–Kier alpha value is -0.570. The lowest BCUT2D eigenvalue weighted by Crippen LogP contribution is -2.35. The molecule has 0 spiro atoms. The molecule has 3 nitrogen and oxygen atoms in total. The van der Waals surface area contributed by atoms with Crippen LogP contribution in [0.3, 0.4) is 0 Å². The molecule has 1 heterocycles. The van der Waals surface area contributed by atoms with Crippen molar-refractivity contribution < 1.29 is 9.53 Å². The zero-order chi connectivity index (χ0) is 13.6. The largest absolute Gasteiger partial charge is 0.372 e. The van der Waals surface area contributed by atoms with Crippen molar-refractivity contribution in [3.63, 3.8) is 0 Å². The lowest BCUT2D eigenvalue weighted by molar-refractivity contribution is -0.136. The van der Waals surface area contributed by atoms with Gasteiger partial charge in [-0.15, -0.1) is 0 Å². The molecule has 3 heteroatoms. The molecule has 1 aliphatic rings. The number of carbonyl (C=O) groups excluding carboxylic acids is 1. The average Bonchev–Trinajstić information content (AvgIpc) is 2.54. The molecule has 0 aliphatic carbocycles. The van der Waals surface area contributed by atoms with Crippen LogP contribution in [0.1, 0.15) is 53.4 Å². The van der Waals surface area contributed by atoms with Crippen LogP contribution >= 0.6 is 0 Å². The second-order valence-corrected chi connectivity index (χ2v) is 6.43. The Morgan fingerprint density at radius 1 is 1.28 bits per heavy atom. The van der Waals surface area contributed by atoms with Gasteiger partial charge in [0.2, 0.25) is 5.91 Å². The molecule has 1 saturated heterocycles. The molecule has 1 rings (SSSR count). The average molecular weight is 255 g/mol. The molecule has 1 amide bonds. The zero-order valence-corrected chi connectivity index (χ0v) is 12.5. The van der Waals surface area contributed by atoms with Crippen molar-refractivity contribution in [3.05, 3.63) is 0 Å². The van der Waals surface area contributed by atoms with Gasteiger partial charge in [0.25, 0.3) is 0 Å². The van der Waals surface area contributed by atoms with E-state index in [9.17, 15) is 4.79 Å². The molecule has 0 aromatic carbocycles. The molecule has 1 unspecified atom stereocenters. The number of amides is 1. The number of carbonyl (C=O) groups is 1. The van der Waals surface area contributed by atoms with Crippen molar-refractivity contribution in [1.82, 2.24) is 4.90 Å². The van der Waals surface area contributed by atoms with Gasteiger partial charge in [-0.2, -0.15) is 0 Å². The van der Waals surface area contributed by atoms with Gasteiger partial charge in [-0.3, -0.25) is 4.79 Å². The number of hydrogen-bond acceptors (Lipinski definition) is 2. The molecule has 0 aromatic rings. The minimum atomic E-state index is 0.165. The van der Waals surface area contributed by atoms with E-state index in [0.29, 0.717) is 12.0 Å². The molecule has 0 saturated carbocycles. The highest BCUT2D eigenvalue weighted by Gasteiger charge is 2.28. The summed E-state index contributed by atoms with van der Waals surface area (Å²) >= 11 is 0. The number of rotatable bonds is 4. The van der Waals surface area contributed by atoms with Crippen molar-refractivity contribution in [1.29, 1.82) is 0 Å². The van der Waals surface area contributed by atoms with Crippen LogP contribution in [0.25, 0.3) is 0 Å². The lowest BCUT2D eigenvalue weighted by Gasteiger charge is -2.29. The monoisotopic (exact) mass is 255 g/mol. The fourth-order valence-electron chi connectivity index (χ4n) is 2.61. The summed E-state index contributed by atoms with van der Waals surface area (Å²) in [6.07, 6.45) is 4.47. The third kappa shape index (κ3) is 4.97. The number of ether oxygens (including phenoxy) is 1. The van der Waals surface area contributed by atoms with E-state index in [0.717, 1.165) is 38.3 Å². The Labute approximate surface area is 112 Å². The Kier molecular flexibility index (Phi) is 6.13. The van der Waals surface area contributed by atoms with E-state index < -0.39 is 0 Å². The van der Waals surface area contributed by atoms with Crippen LogP contribution in [-0.2, 0) is 9.53 Å². The van der Waals surface area contributed by atoms with E-state index in [-0.39, 0.29) is 12.5 Å². The van der Waals surface area contributed by atoms with Gasteiger partial charge in [-0.1, -0.05) is 27.7 Å². The topological polar surface area (TPSA) is 29.5 Å². The van der Waals surface area contributed by atoms with Crippen LogP contribution in [0.5, 0.6) is 0 Å². The van der Waals surface area contributed by atoms with Crippen LogP contribution in [0.4, 0.5) is 0 Å². The molecule has 1 atom stereocenters. The SMILES string of the molecule is CCCOCC(=O)N1CCCC(C(C)(C)C)CC1. The minimum Gasteiger partial charge on any atom is -0.372 e. The summed E-state index contributed by atoms with van der Waals surface area (Å²) < 4.78 is 5.34. The van der Waals surface area contributed by atoms with Crippen molar-refractivity contribution in [2.45, 2.75) is 53.4 Å². The lowest BCUT2D eigenvalue weighted by atomic mass is 9.77. The summed E-state index contributed by atoms with van der Waals surface area (Å²) in [5.74, 6) is 0.893. The second kappa shape index (κ2) is 7.13. The number of nitrogens with zero attached hydrogens (tertiary/aromatic N) is 1. The van der Waals surface area contributed by atoms with E-state index >= 15 is 0 Å². The maximum absolute atomic E-state index is 12.0. The van der Waals surface area contributed by atoms with Crippen molar-refractivity contribution in [3.8, 4) is 0 Å². The Balaban J connectivity index is 2.39. The van der Waals surface area contributed by atoms with Crippen LogP contribution in [0, 0.1) is 11.3 Å². The van der Waals surface area contributed by atoms with Gasteiger partial charge >= 0.3 is 0 Å². The van der Waals surface area contributed by atoms with E-state index in [1.54, 1.807) is 0 Å². The summed E-state index contributed by atoms with van der Waals surface area (Å²) in [5, 5.41) is 0. The van der Waals surface area contributed by atoms with E-state index in [4.69, 9.17) is 4.74 Å². The van der Waals surface area contributed by atoms with E-state index in [1.165, 1.54) is 6.42 Å². The van der Waals surface area contributed by atoms with Crippen molar-refractivity contribution >= 4 is 5.91 Å². The molecular formula is C15H29NO2. The zero-order valence-electron chi connectivity index (χ0n) is 12.5. The third-order valence-electron chi connectivity index (χ3n) is 3.88. The molecule has 0 radical (unpaired) electrons. The van der Waals surface area contributed by atoms with Crippen molar-refractivity contribution in [2.24, 2.45) is 11.3 Å². The Morgan fingerprint density at radius 3 is 2.61 bits per heavy atom. The highest BCUT2D eigenvalue weighted by molar-refractivity contribution is 5.77. The van der Waals surface area contributed by atoms with E-state index in [1.807, 2.05) is 4.90 Å². The molecule has 0 N–H and O–H groups in total. The Morgan fingerprint density at radius 2 is 2.00 bits per heavy atom. The summed E-state index contributed by atoms with van der Waals surface area (Å²) in [7, 11) is 0. The van der Waals surface area contributed by atoms with Crippen LogP contribution < -0.4 is 0 Å². The van der Waals surface area contributed by atoms with Crippen LogP contribution in [0.15, 0.2) is 0 Å². The first kappa shape index (κ1) is 15.5. The predicted octanol–water partition coefficient (Wildman–Crippen LogP) is 3.09. The summed E-state index contributed by atoms with van der Waals surface area (Å²) in [6, 6.07) is 0. The summed E-state index contributed by atoms with van der Waals surface area (Å²) in [4.78, 5) is 14.0. The minimum absolute atomic E-state index is 0.165. The quantitative estimate of drug-likeness (QED) is 0.722. The van der Waals surface area contributed by atoms with Crippen LogP contribution in [0.2, 0.25) is 0 Å². The van der Waals surface area contributed by atoms with Gasteiger partial charge in [-0.05, 0) is 37.0 Å². The van der Waals surface area contributed by atoms with Gasteiger partial charge in [0, 0.05) is 19.7 Å². The van der Waals surface area contributed by atoms with Gasteiger partial charge in [0.15, 0.2) is 0 Å². The molecule has 0 aromatic heterocycles. The van der Waals surface area contributed by atoms with E-state index in [2.05, 4.69) is 27.7 Å². The van der Waals surface area contributed by atoms with Gasteiger partial charge in [0.05, 0.1) is 0 Å². The van der Waals surface area contributed by atoms with Gasteiger partial charge in [0.1, 0.15) is 6.61 Å². The van der Waals surface area contributed by atoms with Crippen molar-refractivity contribution in [2.75, 3.05) is 26.3 Å². The molecule has 1 fully saturated rings.